The van der Waals surface area contributed by atoms with E-state index in [4.69, 9.17) is 4.74 Å². The Labute approximate surface area is 188 Å². The van der Waals surface area contributed by atoms with Crippen LogP contribution in [0.2, 0.25) is 0 Å². The van der Waals surface area contributed by atoms with Crippen LogP contribution in [0.3, 0.4) is 0 Å². The van der Waals surface area contributed by atoms with Gasteiger partial charge in [-0.25, -0.2) is 9.38 Å². The van der Waals surface area contributed by atoms with Crippen molar-refractivity contribution >= 4 is 29.9 Å². The summed E-state index contributed by atoms with van der Waals surface area (Å²) in [5.74, 6) is 2.85. The number of guanidine groups is 1. The second-order valence-corrected chi connectivity index (χ2v) is 7.23. The number of ether oxygens (including phenoxy) is 1. The average molecular weight is 516 g/mol. The summed E-state index contributed by atoms with van der Waals surface area (Å²) >= 11 is 0. The summed E-state index contributed by atoms with van der Waals surface area (Å²) in [4.78, 5) is 4.57. The van der Waals surface area contributed by atoms with Crippen molar-refractivity contribution in [3.63, 3.8) is 0 Å². The van der Waals surface area contributed by atoms with Crippen molar-refractivity contribution in [1.82, 2.24) is 25.4 Å². The van der Waals surface area contributed by atoms with Gasteiger partial charge in [0, 0.05) is 13.6 Å². The molecule has 0 radical (unpaired) electrons. The van der Waals surface area contributed by atoms with Gasteiger partial charge in [0.2, 0.25) is 0 Å². The van der Waals surface area contributed by atoms with Crippen LogP contribution in [0.5, 0.6) is 5.75 Å². The Balaban J connectivity index is 0.00000300. The van der Waals surface area contributed by atoms with Gasteiger partial charge in [-0.2, -0.15) is 0 Å². The Morgan fingerprint density at radius 3 is 2.72 bits per heavy atom. The van der Waals surface area contributed by atoms with Crippen LogP contribution in [0.1, 0.15) is 49.9 Å². The smallest absolute Gasteiger partial charge is 0.192 e. The first kappa shape index (κ1) is 23.4. The van der Waals surface area contributed by atoms with Crippen molar-refractivity contribution in [3.05, 3.63) is 41.2 Å². The largest absolute Gasteiger partial charge is 0.490 e. The zero-order valence-corrected chi connectivity index (χ0v) is 19.7. The highest BCUT2D eigenvalue weighted by Crippen LogP contribution is 2.30. The van der Waals surface area contributed by atoms with Crippen molar-refractivity contribution in [2.45, 2.75) is 46.2 Å². The molecule has 0 bridgehead atoms. The van der Waals surface area contributed by atoms with Gasteiger partial charge < -0.3 is 19.9 Å². The van der Waals surface area contributed by atoms with E-state index in [1.54, 1.807) is 6.07 Å². The minimum absolute atomic E-state index is 0. The molecule has 1 saturated carbocycles. The summed E-state index contributed by atoms with van der Waals surface area (Å²) in [6.45, 7) is 7.60. The molecule has 1 heterocycles. The Bertz CT molecular complexity index is 836. The summed E-state index contributed by atoms with van der Waals surface area (Å²) in [7, 11) is 1.92. The van der Waals surface area contributed by atoms with E-state index in [0.29, 0.717) is 30.8 Å². The maximum atomic E-state index is 14.4. The molecule has 7 nitrogen and oxygen atoms in total. The van der Waals surface area contributed by atoms with Crippen molar-refractivity contribution in [2.24, 2.45) is 18.0 Å². The number of benzene rings is 1. The van der Waals surface area contributed by atoms with Gasteiger partial charge >= 0.3 is 0 Å². The summed E-state index contributed by atoms with van der Waals surface area (Å²) in [6.07, 6.45) is 2.36. The quantitative estimate of drug-likeness (QED) is 0.319. The van der Waals surface area contributed by atoms with Gasteiger partial charge in [0.05, 0.1) is 12.6 Å². The van der Waals surface area contributed by atoms with E-state index >= 15 is 0 Å². The lowest BCUT2D eigenvalue weighted by atomic mass is 10.1. The van der Waals surface area contributed by atoms with Crippen molar-refractivity contribution < 1.29 is 9.13 Å². The van der Waals surface area contributed by atoms with Gasteiger partial charge in [0.25, 0.3) is 0 Å². The summed E-state index contributed by atoms with van der Waals surface area (Å²) in [6, 6.07) is 5.00. The lowest BCUT2D eigenvalue weighted by Crippen LogP contribution is -2.38. The fourth-order valence-corrected chi connectivity index (χ4v) is 2.74. The number of nitrogens with one attached hydrogen (secondary N) is 2. The molecule has 0 spiro atoms. The Hall–Kier alpha value is -1.91. The van der Waals surface area contributed by atoms with E-state index in [1.165, 1.54) is 18.9 Å². The van der Waals surface area contributed by atoms with Crippen LogP contribution in [0, 0.1) is 18.7 Å². The normalized spacial score (nSPS) is 14.9. The van der Waals surface area contributed by atoms with Gasteiger partial charge in [0.15, 0.2) is 23.4 Å². The van der Waals surface area contributed by atoms with Crippen LogP contribution >= 0.6 is 24.0 Å². The maximum Gasteiger partial charge on any atom is 0.192 e. The maximum absolute atomic E-state index is 14.4. The molecule has 2 N–H and O–H groups in total. The number of halogens is 2. The highest BCUT2D eigenvalue weighted by Gasteiger charge is 2.22. The topological polar surface area (TPSA) is 76.4 Å². The summed E-state index contributed by atoms with van der Waals surface area (Å²) < 4.78 is 21.8. The van der Waals surface area contributed by atoms with Gasteiger partial charge in [-0.1, -0.05) is 6.07 Å². The Kier molecular flexibility index (Phi) is 8.66. The SMILES string of the molecule is CCNC(=NCc1nnc(C)n1C)NC(C)c1ccc(OCC2CC2)c(F)c1.I. The van der Waals surface area contributed by atoms with Crippen LogP contribution in [0.15, 0.2) is 23.2 Å². The van der Waals surface area contributed by atoms with E-state index in [1.807, 2.05) is 38.5 Å². The monoisotopic (exact) mass is 516 g/mol. The van der Waals surface area contributed by atoms with E-state index in [9.17, 15) is 4.39 Å². The standard InChI is InChI=1S/C20H29FN6O.HI/c1-5-22-20(23-11-19-26-25-14(3)27(19)4)24-13(2)16-8-9-18(17(21)10-16)28-12-15-6-7-15;/h8-10,13,15H,5-7,11-12H2,1-4H3,(H2,22,23,24);1H. The van der Waals surface area contributed by atoms with Gasteiger partial charge in [0.1, 0.15) is 12.4 Å². The number of aromatic nitrogens is 3. The number of hydrogen-bond acceptors (Lipinski definition) is 4. The third-order valence-corrected chi connectivity index (χ3v) is 4.89. The molecule has 1 fully saturated rings. The first-order chi connectivity index (χ1) is 13.5. The van der Waals surface area contributed by atoms with Crippen LogP contribution in [0.4, 0.5) is 4.39 Å². The third-order valence-electron chi connectivity index (χ3n) is 4.89. The number of aliphatic imine (C=N–C) groups is 1. The van der Waals surface area contributed by atoms with Crippen molar-refractivity contribution in [1.29, 1.82) is 0 Å². The molecular formula is C20H30FIN6O. The summed E-state index contributed by atoms with van der Waals surface area (Å²) in [5.41, 5.74) is 0.830. The Morgan fingerprint density at radius 1 is 1.38 bits per heavy atom. The van der Waals surface area contributed by atoms with E-state index in [2.05, 4.69) is 25.8 Å². The first-order valence-corrected chi connectivity index (χ1v) is 9.79. The molecule has 1 aromatic heterocycles. The highest BCUT2D eigenvalue weighted by molar-refractivity contribution is 14.0. The van der Waals surface area contributed by atoms with Gasteiger partial charge in [-0.3, -0.25) is 0 Å². The minimum Gasteiger partial charge on any atom is -0.490 e. The molecule has 1 unspecified atom stereocenters. The van der Waals surface area contributed by atoms with Crippen LogP contribution in [0.25, 0.3) is 0 Å². The minimum atomic E-state index is -0.330. The molecule has 0 aliphatic heterocycles. The number of hydrogen-bond donors (Lipinski definition) is 2. The molecule has 29 heavy (non-hydrogen) atoms. The fraction of sp³-hybridized carbons (Fsp3) is 0.550. The molecular weight excluding hydrogens is 486 g/mol. The predicted molar refractivity (Wildman–Crippen MR) is 122 cm³/mol. The first-order valence-electron chi connectivity index (χ1n) is 9.79. The lowest BCUT2D eigenvalue weighted by Gasteiger charge is -2.19. The van der Waals surface area contributed by atoms with Crippen molar-refractivity contribution in [3.8, 4) is 5.75 Å². The lowest BCUT2D eigenvalue weighted by molar-refractivity contribution is 0.285. The molecule has 9 heteroatoms. The molecule has 1 atom stereocenters. The van der Waals surface area contributed by atoms with Crippen LogP contribution < -0.4 is 15.4 Å². The average Bonchev–Trinajstić information content (AvgIpc) is 3.45. The van der Waals surface area contributed by atoms with E-state index in [-0.39, 0.29) is 35.8 Å². The second kappa shape index (κ2) is 10.7. The van der Waals surface area contributed by atoms with Crippen LogP contribution in [-0.4, -0.2) is 33.9 Å². The molecule has 2 aromatic rings. The molecule has 0 saturated heterocycles. The van der Waals surface area contributed by atoms with Gasteiger partial charge in [-0.05, 0) is 57.2 Å². The summed E-state index contributed by atoms with van der Waals surface area (Å²) in [5, 5.41) is 14.7. The third kappa shape index (κ3) is 6.55. The van der Waals surface area contributed by atoms with Gasteiger partial charge in [-0.15, -0.1) is 34.2 Å². The van der Waals surface area contributed by atoms with Crippen LogP contribution in [-0.2, 0) is 13.6 Å². The number of nitrogens with zero attached hydrogens (tertiary/aromatic N) is 4. The highest BCUT2D eigenvalue weighted by atomic mass is 127. The molecule has 0 amide bonds. The Morgan fingerprint density at radius 2 is 2.14 bits per heavy atom. The van der Waals surface area contributed by atoms with Crippen molar-refractivity contribution in [2.75, 3.05) is 13.2 Å². The second-order valence-electron chi connectivity index (χ2n) is 7.23. The fourth-order valence-electron chi connectivity index (χ4n) is 2.74. The molecule has 3 rings (SSSR count). The molecule has 1 aromatic carbocycles. The number of rotatable bonds is 8. The predicted octanol–water partition coefficient (Wildman–Crippen LogP) is 3.49. The molecule has 1 aliphatic carbocycles. The zero-order chi connectivity index (χ0) is 20.1. The molecule has 1 aliphatic rings. The van der Waals surface area contributed by atoms with E-state index in [0.717, 1.165) is 23.8 Å². The van der Waals surface area contributed by atoms with E-state index < -0.39 is 0 Å². The number of aryl methyl sites for hydroxylation is 1. The molecule has 160 valence electrons. The zero-order valence-electron chi connectivity index (χ0n) is 17.4.